The number of benzene rings is 1. The van der Waals surface area contributed by atoms with E-state index in [9.17, 15) is 0 Å². The van der Waals surface area contributed by atoms with Crippen molar-refractivity contribution >= 4 is 17.2 Å². The van der Waals surface area contributed by atoms with Crippen LogP contribution in [-0.4, -0.2) is 9.97 Å². The number of hydrogen-bond acceptors (Lipinski definition) is 3. The predicted molar refractivity (Wildman–Crippen MR) is 80.9 cm³/mol. The zero-order valence-corrected chi connectivity index (χ0v) is 12.0. The van der Waals surface area contributed by atoms with Crippen LogP contribution in [0.3, 0.4) is 0 Å². The van der Waals surface area contributed by atoms with E-state index >= 15 is 0 Å². The summed E-state index contributed by atoms with van der Waals surface area (Å²) in [6, 6.07) is 9.51. The molecule has 98 valence electrons. The standard InChI is InChI=1S/C15H16N2OS/c1-9-7-8-10(2)14(11(9)3)18-13-6-4-5-12(17-13)15(16)19/h4-8H,1-3H3,(H2,16,19). The van der Waals surface area contributed by atoms with Gasteiger partial charge in [0.25, 0.3) is 0 Å². The number of aryl methyl sites for hydroxylation is 2. The summed E-state index contributed by atoms with van der Waals surface area (Å²) >= 11 is 4.92. The molecule has 0 atom stereocenters. The summed E-state index contributed by atoms with van der Waals surface area (Å²) in [6.07, 6.45) is 0. The van der Waals surface area contributed by atoms with Crippen molar-refractivity contribution < 1.29 is 4.74 Å². The molecule has 0 aliphatic carbocycles. The molecule has 1 aromatic heterocycles. The summed E-state index contributed by atoms with van der Waals surface area (Å²) in [5, 5.41) is 0. The smallest absolute Gasteiger partial charge is 0.219 e. The summed E-state index contributed by atoms with van der Waals surface area (Å²) < 4.78 is 5.89. The van der Waals surface area contributed by atoms with Crippen molar-refractivity contribution in [3.63, 3.8) is 0 Å². The molecule has 0 radical (unpaired) electrons. The Balaban J connectivity index is 2.39. The Kier molecular flexibility index (Phi) is 3.81. The van der Waals surface area contributed by atoms with Gasteiger partial charge >= 0.3 is 0 Å². The van der Waals surface area contributed by atoms with Crippen LogP contribution in [0.5, 0.6) is 11.6 Å². The molecular weight excluding hydrogens is 256 g/mol. The molecule has 0 amide bonds. The van der Waals surface area contributed by atoms with Crippen molar-refractivity contribution in [2.24, 2.45) is 5.73 Å². The quantitative estimate of drug-likeness (QED) is 0.870. The van der Waals surface area contributed by atoms with Crippen molar-refractivity contribution in [1.82, 2.24) is 4.98 Å². The Morgan fingerprint density at radius 2 is 1.79 bits per heavy atom. The van der Waals surface area contributed by atoms with Crippen LogP contribution in [0.1, 0.15) is 22.4 Å². The third-order valence-corrected chi connectivity index (χ3v) is 3.27. The highest BCUT2D eigenvalue weighted by atomic mass is 32.1. The molecule has 0 aliphatic rings. The van der Waals surface area contributed by atoms with Gasteiger partial charge in [-0.15, -0.1) is 0 Å². The highest BCUT2D eigenvalue weighted by Gasteiger charge is 2.09. The second-order valence-corrected chi connectivity index (χ2v) is 4.92. The molecule has 0 unspecified atom stereocenters. The zero-order valence-electron chi connectivity index (χ0n) is 11.2. The van der Waals surface area contributed by atoms with Crippen LogP contribution in [0, 0.1) is 20.8 Å². The third-order valence-electron chi connectivity index (χ3n) is 3.06. The van der Waals surface area contributed by atoms with Gasteiger partial charge in [0, 0.05) is 6.07 Å². The highest BCUT2D eigenvalue weighted by Crippen LogP contribution is 2.29. The lowest BCUT2D eigenvalue weighted by Crippen LogP contribution is -2.11. The van der Waals surface area contributed by atoms with Gasteiger partial charge in [0.2, 0.25) is 5.88 Å². The lowest BCUT2D eigenvalue weighted by atomic mass is 10.1. The van der Waals surface area contributed by atoms with E-state index in [1.807, 2.05) is 26.0 Å². The number of hydrogen-bond donors (Lipinski definition) is 1. The number of nitrogens with two attached hydrogens (primary N) is 1. The van der Waals surface area contributed by atoms with Gasteiger partial charge in [-0.2, -0.15) is 0 Å². The van der Waals surface area contributed by atoms with E-state index in [0.717, 1.165) is 16.9 Å². The van der Waals surface area contributed by atoms with Crippen LogP contribution in [0.15, 0.2) is 30.3 Å². The Morgan fingerprint density at radius 1 is 1.11 bits per heavy atom. The van der Waals surface area contributed by atoms with Crippen molar-refractivity contribution in [1.29, 1.82) is 0 Å². The highest BCUT2D eigenvalue weighted by molar-refractivity contribution is 7.80. The Labute approximate surface area is 118 Å². The molecule has 0 bridgehead atoms. The summed E-state index contributed by atoms with van der Waals surface area (Å²) in [6.45, 7) is 6.11. The predicted octanol–water partition coefficient (Wildman–Crippen LogP) is 3.43. The van der Waals surface area contributed by atoms with Crippen molar-refractivity contribution in [2.45, 2.75) is 20.8 Å². The minimum Gasteiger partial charge on any atom is -0.438 e. The molecule has 4 heteroatoms. The Morgan fingerprint density at radius 3 is 2.47 bits per heavy atom. The molecule has 0 saturated carbocycles. The molecule has 1 heterocycles. The topological polar surface area (TPSA) is 48.1 Å². The number of thiocarbonyl (C=S) groups is 1. The first-order chi connectivity index (χ1) is 8.99. The van der Waals surface area contributed by atoms with Gasteiger partial charge in [-0.25, -0.2) is 4.98 Å². The SMILES string of the molecule is Cc1ccc(C)c(Oc2cccc(C(N)=S)n2)c1C. The number of rotatable bonds is 3. The molecular formula is C15H16N2OS. The van der Waals surface area contributed by atoms with E-state index in [0.29, 0.717) is 11.6 Å². The Hall–Kier alpha value is -1.94. The first-order valence-corrected chi connectivity index (χ1v) is 6.41. The number of aromatic nitrogens is 1. The third kappa shape index (κ3) is 2.90. The first kappa shape index (κ1) is 13.5. The minimum absolute atomic E-state index is 0.267. The fourth-order valence-corrected chi connectivity index (χ4v) is 1.91. The van der Waals surface area contributed by atoms with Gasteiger partial charge in [-0.1, -0.05) is 30.4 Å². The van der Waals surface area contributed by atoms with Gasteiger partial charge in [0.05, 0.1) is 0 Å². The summed E-state index contributed by atoms with van der Waals surface area (Å²) in [5.41, 5.74) is 9.51. The molecule has 19 heavy (non-hydrogen) atoms. The largest absolute Gasteiger partial charge is 0.438 e. The van der Waals surface area contributed by atoms with Crippen LogP contribution >= 0.6 is 12.2 Å². The maximum absolute atomic E-state index is 5.89. The normalized spacial score (nSPS) is 10.3. The van der Waals surface area contributed by atoms with Gasteiger partial charge in [0.1, 0.15) is 16.4 Å². The molecule has 1 aromatic carbocycles. The lowest BCUT2D eigenvalue weighted by Gasteiger charge is -2.13. The van der Waals surface area contributed by atoms with Crippen LogP contribution in [0.4, 0.5) is 0 Å². The van der Waals surface area contributed by atoms with E-state index in [1.54, 1.807) is 12.1 Å². The summed E-state index contributed by atoms with van der Waals surface area (Å²) in [7, 11) is 0. The van der Waals surface area contributed by atoms with Gasteiger partial charge in [-0.3, -0.25) is 0 Å². The maximum Gasteiger partial charge on any atom is 0.219 e. The van der Waals surface area contributed by atoms with Crippen LogP contribution in [-0.2, 0) is 0 Å². The Bertz CT molecular complexity index is 638. The monoisotopic (exact) mass is 272 g/mol. The zero-order chi connectivity index (χ0) is 14.0. The van der Waals surface area contributed by atoms with E-state index in [2.05, 4.69) is 18.0 Å². The molecule has 3 nitrogen and oxygen atoms in total. The molecule has 0 saturated heterocycles. The van der Waals surface area contributed by atoms with Crippen molar-refractivity contribution in [3.05, 3.63) is 52.7 Å². The molecule has 2 N–H and O–H groups in total. The molecule has 2 rings (SSSR count). The summed E-state index contributed by atoms with van der Waals surface area (Å²) in [4.78, 5) is 4.56. The first-order valence-electron chi connectivity index (χ1n) is 6.00. The fourth-order valence-electron chi connectivity index (χ4n) is 1.80. The van der Waals surface area contributed by atoms with Crippen LogP contribution in [0.25, 0.3) is 0 Å². The molecule has 0 aliphatic heterocycles. The second kappa shape index (κ2) is 5.36. The van der Waals surface area contributed by atoms with Gasteiger partial charge in [-0.05, 0) is 43.5 Å². The van der Waals surface area contributed by atoms with Gasteiger partial charge in [0.15, 0.2) is 0 Å². The van der Waals surface area contributed by atoms with E-state index in [1.165, 1.54) is 5.56 Å². The number of ether oxygens (including phenoxy) is 1. The molecule has 0 fully saturated rings. The van der Waals surface area contributed by atoms with Crippen LogP contribution in [0.2, 0.25) is 0 Å². The minimum atomic E-state index is 0.267. The fraction of sp³-hybridized carbons (Fsp3) is 0.200. The maximum atomic E-state index is 5.89. The lowest BCUT2D eigenvalue weighted by molar-refractivity contribution is 0.455. The number of pyridine rings is 1. The van der Waals surface area contributed by atoms with Crippen molar-refractivity contribution in [3.8, 4) is 11.6 Å². The van der Waals surface area contributed by atoms with Crippen molar-refractivity contribution in [2.75, 3.05) is 0 Å². The average molecular weight is 272 g/mol. The summed E-state index contributed by atoms with van der Waals surface area (Å²) in [5.74, 6) is 1.34. The second-order valence-electron chi connectivity index (χ2n) is 4.48. The number of nitrogens with zero attached hydrogens (tertiary/aromatic N) is 1. The average Bonchev–Trinajstić information content (AvgIpc) is 2.39. The van der Waals surface area contributed by atoms with Gasteiger partial charge < -0.3 is 10.5 Å². The molecule has 2 aromatic rings. The van der Waals surface area contributed by atoms with E-state index < -0.39 is 0 Å². The molecule has 0 spiro atoms. The van der Waals surface area contributed by atoms with E-state index in [-0.39, 0.29) is 4.99 Å². The van der Waals surface area contributed by atoms with E-state index in [4.69, 9.17) is 22.7 Å². The van der Waals surface area contributed by atoms with Crippen LogP contribution < -0.4 is 10.5 Å².